The molecule has 0 saturated heterocycles. The fraction of sp³-hybridized carbons (Fsp3) is 0.778. The lowest BCUT2D eigenvalue weighted by molar-refractivity contribution is 0.631. The molecular weight excluding hydrogens is 122 g/mol. The van der Waals surface area contributed by atoms with Gasteiger partial charge in [-0.15, -0.1) is 0 Å². The largest absolute Gasteiger partial charge is 0.402 e. The Morgan fingerprint density at radius 3 is 2.60 bits per heavy atom. The van der Waals surface area contributed by atoms with Crippen LogP contribution >= 0.6 is 0 Å². The topological polar surface area (TPSA) is 26.0 Å². The molecule has 1 fully saturated rings. The zero-order valence-electron chi connectivity index (χ0n) is 6.82. The van der Waals surface area contributed by atoms with Crippen molar-refractivity contribution in [2.45, 2.75) is 45.4 Å². The maximum atomic E-state index is 5.84. The van der Waals surface area contributed by atoms with E-state index in [4.69, 9.17) is 5.73 Å². The molecule has 0 aromatic carbocycles. The summed E-state index contributed by atoms with van der Waals surface area (Å²) < 4.78 is 0. The summed E-state index contributed by atoms with van der Waals surface area (Å²) in [6, 6.07) is 0. The van der Waals surface area contributed by atoms with E-state index >= 15 is 0 Å². The molecular formula is C9H17N. The smallest absolute Gasteiger partial charge is 0.00723 e. The summed E-state index contributed by atoms with van der Waals surface area (Å²) in [5.74, 6) is 0. The number of unbranched alkanes of at least 4 members (excludes halogenated alkanes) is 1. The van der Waals surface area contributed by atoms with Gasteiger partial charge in [-0.05, 0) is 32.1 Å². The minimum absolute atomic E-state index is 1.13. The van der Waals surface area contributed by atoms with E-state index in [0.29, 0.717) is 0 Å². The summed E-state index contributed by atoms with van der Waals surface area (Å²) in [7, 11) is 0. The molecule has 0 unspecified atom stereocenters. The van der Waals surface area contributed by atoms with Crippen molar-refractivity contribution in [1.82, 2.24) is 0 Å². The lowest BCUT2D eigenvalue weighted by Gasteiger charge is -2.19. The first-order valence-corrected chi connectivity index (χ1v) is 4.31. The van der Waals surface area contributed by atoms with E-state index in [2.05, 4.69) is 6.92 Å². The van der Waals surface area contributed by atoms with Gasteiger partial charge in [0.05, 0.1) is 0 Å². The molecule has 0 radical (unpaired) electrons. The van der Waals surface area contributed by atoms with Gasteiger partial charge in [-0.2, -0.15) is 0 Å². The lowest BCUT2D eigenvalue weighted by atomic mass is 9.89. The van der Waals surface area contributed by atoms with Crippen LogP contribution in [0.15, 0.2) is 11.3 Å². The second kappa shape index (κ2) is 3.65. The molecule has 1 aliphatic carbocycles. The third kappa shape index (κ3) is 1.76. The number of hydrogen-bond acceptors (Lipinski definition) is 1. The maximum absolute atomic E-state index is 5.84. The Bertz CT molecular complexity index is 130. The molecule has 0 spiro atoms. The van der Waals surface area contributed by atoms with Gasteiger partial charge in [0, 0.05) is 5.70 Å². The third-order valence-electron chi connectivity index (χ3n) is 2.21. The van der Waals surface area contributed by atoms with E-state index in [9.17, 15) is 0 Å². The van der Waals surface area contributed by atoms with Crippen molar-refractivity contribution < 1.29 is 0 Å². The predicted octanol–water partition coefficient (Wildman–Crippen LogP) is 2.57. The van der Waals surface area contributed by atoms with E-state index in [1.54, 1.807) is 0 Å². The molecule has 10 heavy (non-hydrogen) atoms. The highest BCUT2D eigenvalue weighted by Gasteiger charge is 2.11. The fourth-order valence-electron chi connectivity index (χ4n) is 1.22. The van der Waals surface area contributed by atoms with Crippen LogP contribution in [0.25, 0.3) is 0 Å². The molecule has 1 aliphatic rings. The third-order valence-corrected chi connectivity index (χ3v) is 2.21. The van der Waals surface area contributed by atoms with Crippen molar-refractivity contribution in [2.24, 2.45) is 5.73 Å². The van der Waals surface area contributed by atoms with Crippen molar-refractivity contribution in [3.05, 3.63) is 11.3 Å². The van der Waals surface area contributed by atoms with Crippen molar-refractivity contribution in [1.29, 1.82) is 0 Å². The summed E-state index contributed by atoms with van der Waals surface area (Å²) in [5.41, 5.74) is 8.57. The highest BCUT2D eigenvalue weighted by atomic mass is 14.6. The molecule has 0 amide bonds. The Kier molecular flexibility index (Phi) is 2.79. The molecule has 0 aromatic heterocycles. The molecule has 2 N–H and O–H groups in total. The molecule has 1 nitrogen and oxygen atoms in total. The summed E-state index contributed by atoms with van der Waals surface area (Å²) >= 11 is 0. The van der Waals surface area contributed by atoms with E-state index in [0.717, 1.165) is 6.42 Å². The molecule has 1 saturated carbocycles. The van der Waals surface area contributed by atoms with Crippen LogP contribution in [-0.2, 0) is 0 Å². The summed E-state index contributed by atoms with van der Waals surface area (Å²) in [6.07, 6.45) is 7.56. The van der Waals surface area contributed by atoms with Gasteiger partial charge in [-0.1, -0.05) is 18.9 Å². The first kappa shape index (κ1) is 7.64. The van der Waals surface area contributed by atoms with Crippen LogP contribution in [0.2, 0.25) is 0 Å². The Morgan fingerprint density at radius 2 is 2.20 bits per heavy atom. The van der Waals surface area contributed by atoms with Crippen LogP contribution in [0.1, 0.15) is 45.4 Å². The Labute approximate surface area is 63.3 Å². The monoisotopic (exact) mass is 139 g/mol. The molecule has 58 valence electrons. The quantitative estimate of drug-likeness (QED) is 0.639. The van der Waals surface area contributed by atoms with Crippen LogP contribution in [-0.4, -0.2) is 0 Å². The fourth-order valence-corrected chi connectivity index (χ4v) is 1.22. The predicted molar refractivity (Wildman–Crippen MR) is 44.6 cm³/mol. The number of hydrogen-bond donors (Lipinski definition) is 1. The van der Waals surface area contributed by atoms with Gasteiger partial charge in [0.1, 0.15) is 0 Å². The SMILES string of the molecule is CCCCC(N)=C1CCC1. The Hall–Kier alpha value is -0.460. The Balaban J connectivity index is 2.25. The lowest BCUT2D eigenvalue weighted by Crippen LogP contribution is -2.08. The van der Waals surface area contributed by atoms with E-state index in [-0.39, 0.29) is 0 Å². The number of rotatable bonds is 3. The summed E-state index contributed by atoms with van der Waals surface area (Å²) in [5, 5.41) is 0. The normalized spacial score (nSPS) is 16.7. The zero-order valence-corrected chi connectivity index (χ0v) is 6.82. The first-order valence-electron chi connectivity index (χ1n) is 4.31. The second-order valence-electron chi connectivity index (χ2n) is 3.09. The second-order valence-corrected chi connectivity index (χ2v) is 3.09. The van der Waals surface area contributed by atoms with Crippen molar-refractivity contribution in [3.63, 3.8) is 0 Å². The molecule has 1 rings (SSSR count). The van der Waals surface area contributed by atoms with Gasteiger partial charge in [0.15, 0.2) is 0 Å². The van der Waals surface area contributed by atoms with Crippen LogP contribution < -0.4 is 5.73 Å². The highest BCUT2D eigenvalue weighted by molar-refractivity contribution is 5.16. The summed E-state index contributed by atoms with van der Waals surface area (Å²) in [6.45, 7) is 2.21. The van der Waals surface area contributed by atoms with Crippen LogP contribution in [0, 0.1) is 0 Å². The Morgan fingerprint density at radius 1 is 1.50 bits per heavy atom. The van der Waals surface area contributed by atoms with Crippen molar-refractivity contribution in [2.75, 3.05) is 0 Å². The van der Waals surface area contributed by atoms with E-state index in [1.807, 2.05) is 0 Å². The van der Waals surface area contributed by atoms with Gasteiger partial charge in [0.2, 0.25) is 0 Å². The highest BCUT2D eigenvalue weighted by Crippen LogP contribution is 2.28. The van der Waals surface area contributed by atoms with Gasteiger partial charge >= 0.3 is 0 Å². The number of nitrogens with two attached hydrogens (primary N) is 1. The molecule has 0 aromatic rings. The number of allylic oxidation sites excluding steroid dienone is 2. The van der Waals surface area contributed by atoms with Crippen molar-refractivity contribution in [3.8, 4) is 0 Å². The molecule has 0 bridgehead atoms. The average Bonchev–Trinajstić information content (AvgIpc) is 1.79. The minimum atomic E-state index is 1.13. The molecule has 0 aliphatic heterocycles. The average molecular weight is 139 g/mol. The summed E-state index contributed by atoms with van der Waals surface area (Å²) in [4.78, 5) is 0. The van der Waals surface area contributed by atoms with E-state index < -0.39 is 0 Å². The van der Waals surface area contributed by atoms with Gasteiger partial charge in [-0.3, -0.25) is 0 Å². The minimum Gasteiger partial charge on any atom is -0.402 e. The van der Waals surface area contributed by atoms with Gasteiger partial charge in [0.25, 0.3) is 0 Å². The van der Waals surface area contributed by atoms with Crippen LogP contribution in [0.4, 0.5) is 0 Å². The zero-order chi connectivity index (χ0) is 7.40. The molecule has 1 heteroatoms. The molecule has 0 atom stereocenters. The van der Waals surface area contributed by atoms with Gasteiger partial charge < -0.3 is 5.73 Å². The van der Waals surface area contributed by atoms with E-state index in [1.165, 1.54) is 43.4 Å². The van der Waals surface area contributed by atoms with Gasteiger partial charge in [-0.25, -0.2) is 0 Å². The van der Waals surface area contributed by atoms with Crippen LogP contribution in [0.5, 0.6) is 0 Å². The standard InChI is InChI=1S/C9H17N/c1-2-3-7-9(10)8-5-4-6-8/h2-7,10H2,1H3. The maximum Gasteiger partial charge on any atom is 0.00723 e. The first-order chi connectivity index (χ1) is 4.84. The van der Waals surface area contributed by atoms with Crippen LogP contribution in [0.3, 0.4) is 0 Å². The van der Waals surface area contributed by atoms with Crippen molar-refractivity contribution >= 4 is 0 Å². The molecule has 0 heterocycles.